The standard InChI is InChI=1S/C20H19N3O7/c1-4-29-18-10-16(23(26)27)15(9-17(18)28-3)20(25)30-12(2)19(24)22-14-7-5-6-13(8-14)11-21/h5-10,12H,4H2,1-3H3,(H,22,24)/t12-/m1/s1. The van der Waals surface area contributed by atoms with Gasteiger partial charge in [0.2, 0.25) is 0 Å². The van der Waals surface area contributed by atoms with Crippen LogP contribution in [0.15, 0.2) is 36.4 Å². The lowest BCUT2D eigenvalue weighted by atomic mass is 10.1. The Hall–Kier alpha value is -4.13. The zero-order chi connectivity index (χ0) is 22.3. The molecule has 1 N–H and O–H groups in total. The molecule has 10 nitrogen and oxygen atoms in total. The monoisotopic (exact) mass is 413 g/mol. The Morgan fingerprint density at radius 1 is 1.27 bits per heavy atom. The summed E-state index contributed by atoms with van der Waals surface area (Å²) in [5.74, 6) is -1.53. The molecule has 0 fully saturated rings. The van der Waals surface area contributed by atoms with Crippen molar-refractivity contribution in [3.8, 4) is 17.6 Å². The Morgan fingerprint density at radius 3 is 2.60 bits per heavy atom. The highest BCUT2D eigenvalue weighted by atomic mass is 16.6. The lowest BCUT2D eigenvalue weighted by molar-refractivity contribution is -0.385. The summed E-state index contributed by atoms with van der Waals surface area (Å²) < 4.78 is 15.5. The number of ether oxygens (including phenoxy) is 3. The number of carbonyl (C=O) groups excluding carboxylic acids is 2. The van der Waals surface area contributed by atoms with Crippen molar-refractivity contribution in [1.29, 1.82) is 5.26 Å². The smallest absolute Gasteiger partial charge is 0.346 e. The van der Waals surface area contributed by atoms with E-state index in [4.69, 9.17) is 19.5 Å². The first-order chi connectivity index (χ1) is 14.3. The fraction of sp³-hybridized carbons (Fsp3) is 0.250. The number of nitro groups is 1. The lowest BCUT2D eigenvalue weighted by Gasteiger charge is -2.15. The van der Waals surface area contributed by atoms with Gasteiger partial charge in [-0.2, -0.15) is 5.26 Å². The molecule has 0 aliphatic carbocycles. The molecule has 0 spiro atoms. The molecule has 0 heterocycles. The number of nitrogens with one attached hydrogen (secondary N) is 1. The summed E-state index contributed by atoms with van der Waals surface area (Å²) in [4.78, 5) is 35.5. The highest BCUT2D eigenvalue weighted by molar-refractivity contribution is 5.99. The van der Waals surface area contributed by atoms with Crippen molar-refractivity contribution >= 4 is 23.3 Å². The molecule has 0 aliphatic rings. The normalized spacial score (nSPS) is 11.0. The van der Waals surface area contributed by atoms with Gasteiger partial charge in [-0.05, 0) is 32.0 Å². The molecule has 1 atom stereocenters. The summed E-state index contributed by atoms with van der Waals surface area (Å²) >= 11 is 0. The van der Waals surface area contributed by atoms with E-state index in [9.17, 15) is 19.7 Å². The number of amides is 1. The Labute approximate surface area is 172 Å². The topological polar surface area (TPSA) is 141 Å². The third-order valence-electron chi connectivity index (χ3n) is 3.91. The second-order valence-corrected chi connectivity index (χ2v) is 5.94. The molecule has 1 amide bonds. The van der Waals surface area contributed by atoms with Crippen LogP contribution in [0, 0.1) is 21.4 Å². The molecule has 0 saturated carbocycles. The third-order valence-corrected chi connectivity index (χ3v) is 3.91. The fourth-order valence-corrected chi connectivity index (χ4v) is 2.48. The van der Waals surface area contributed by atoms with E-state index in [0.29, 0.717) is 11.3 Å². The van der Waals surface area contributed by atoms with Crippen molar-refractivity contribution in [3.05, 3.63) is 57.6 Å². The predicted octanol–water partition coefficient (Wildman–Crippen LogP) is 3.06. The van der Waals surface area contributed by atoms with E-state index >= 15 is 0 Å². The van der Waals surface area contributed by atoms with Crippen LogP contribution in [0.2, 0.25) is 0 Å². The molecule has 0 saturated heterocycles. The van der Waals surface area contributed by atoms with E-state index < -0.39 is 28.6 Å². The molecule has 0 bridgehead atoms. The number of hydrogen-bond acceptors (Lipinski definition) is 8. The molecule has 0 aromatic heterocycles. The van der Waals surface area contributed by atoms with Crippen molar-refractivity contribution in [2.45, 2.75) is 20.0 Å². The molecule has 2 rings (SSSR count). The Bertz CT molecular complexity index is 1010. The van der Waals surface area contributed by atoms with Gasteiger partial charge in [-0.3, -0.25) is 14.9 Å². The minimum absolute atomic E-state index is 0.103. The lowest BCUT2D eigenvalue weighted by Crippen LogP contribution is -2.30. The largest absolute Gasteiger partial charge is 0.493 e. The van der Waals surface area contributed by atoms with Crippen molar-refractivity contribution in [2.75, 3.05) is 19.0 Å². The first-order valence-electron chi connectivity index (χ1n) is 8.81. The number of benzene rings is 2. The van der Waals surface area contributed by atoms with Gasteiger partial charge < -0.3 is 19.5 Å². The highest BCUT2D eigenvalue weighted by Gasteiger charge is 2.28. The zero-order valence-corrected chi connectivity index (χ0v) is 16.5. The van der Waals surface area contributed by atoms with Crippen LogP contribution in [0.1, 0.15) is 29.8 Å². The maximum Gasteiger partial charge on any atom is 0.346 e. The summed E-state index contributed by atoms with van der Waals surface area (Å²) in [7, 11) is 1.32. The number of esters is 1. The van der Waals surface area contributed by atoms with Gasteiger partial charge in [0.05, 0.1) is 36.3 Å². The van der Waals surface area contributed by atoms with E-state index in [0.717, 1.165) is 12.1 Å². The summed E-state index contributed by atoms with van der Waals surface area (Å²) in [5, 5.41) is 22.8. The van der Waals surface area contributed by atoms with Crippen LogP contribution in [-0.2, 0) is 9.53 Å². The number of hydrogen-bond donors (Lipinski definition) is 1. The SMILES string of the molecule is CCOc1cc([N+](=O)[O-])c(C(=O)O[C@H](C)C(=O)Nc2cccc(C#N)c2)cc1OC. The average Bonchev–Trinajstić information content (AvgIpc) is 2.73. The minimum Gasteiger partial charge on any atom is -0.493 e. The van der Waals surface area contributed by atoms with E-state index in [1.54, 1.807) is 25.1 Å². The molecule has 0 aliphatic heterocycles. The van der Waals surface area contributed by atoms with Gasteiger partial charge in [-0.25, -0.2) is 4.79 Å². The van der Waals surface area contributed by atoms with Crippen LogP contribution in [0.3, 0.4) is 0 Å². The van der Waals surface area contributed by atoms with Crippen molar-refractivity contribution in [2.24, 2.45) is 0 Å². The van der Waals surface area contributed by atoms with Gasteiger partial charge in [-0.1, -0.05) is 6.07 Å². The number of nitrogens with zero attached hydrogens (tertiary/aromatic N) is 2. The quantitative estimate of drug-likeness (QED) is 0.395. The second kappa shape index (κ2) is 9.88. The molecular weight excluding hydrogens is 394 g/mol. The van der Waals surface area contributed by atoms with Gasteiger partial charge in [0.15, 0.2) is 17.6 Å². The van der Waals surface area contributed by atoms with Gasteiger partial charge in [-0.15, -0.1) is 0 Å². The Balaban J connectivity index is 2.22. The molecule has 0 unspecified atom stereocenters. The second-order valence-electron chi connectivity index (χ2n) is 5.94. The molecule has 2 aromatic carbocycles. The summed E-state index contributed by atoms with van der Waals surface area (Å²) in [5.41, 5.74) is -0.241. The summed E-state index contributed by atoms with van der Waals surface area (Å²) in [6.07, 6.45) is -1.26. The van der Waals surface area contributed by atoms with Gasteiger partial charge in [0.25, 0.3) is 11.6 Å². The van der Waals surface area contributed by atoms with Crippen molar-refractivity contribution in [3.63, 3.8) is 0 Å². The van der Waals surface area contributed by atoms with Crippen LogP contribution in [0.25, 0.3) is 0 Å². The number of nitro benzene ring substituents is 1. The van der Waals surface area contributed by atoms with Crippen LogP contribution < -0.4 is 14.8 Å². The number of carbonyl (C=O) groups is 2. The maximum atomic E-state index is 12.5. The molecule has 30 heavy (non-hydrogen) atoms. The van der Waals surface area contributed by atoms with Gasteiger partial charge in [0, 0.05) is 11.8 Å². The average molecular weight is 413 g/mol. The van der Waals surface area contributed by atoms with Crippen molar-refractivity contribution < 1.29 is 28.7 Å². The zero-order valence-electron chi connectivity index (χ0n) is 16.5. The van der Waals surface area contributed by atoms with Crippen LogP contribution in [-0.4, -0.2) is 36.6 Å². The van der Waals surface area contributed by atoms with E-state index in [2.05, 4.69) is 5.32 Å². The predicted molar refractivity (Wildman–Crippen MR) is 105 cm³/mol. The van der Waals surface area contributed by atoms with Gasteiger partial charge in [0.1, 0.15) is 5.56 Å². The maximum absolute atomic E-state index is 12.5. The molecule has 156 valence electrons. The number of rotatable bonds is 8. The molecule has 2 aromatic rings. The number of methoxy groups -OCH3 is 1. The minimum atomic E-state index is -1.26. The van der Waals surface area contributed by atoms with E-state index in [1.807, 2.05) is 6.07 Å². The Kier molecular flexibility index (Phi) is 7.30. The first kappa shape index (κ1) is 22.2. The van der Waals surface area contributed by atoms with Crippen LogP contribution in [0.4, 0.5) is 11.4 Å². The van der Waals surface area contributed by atoms with Crippen molar-refractivity contribution in [1.82, 2.24) is 0 Å². The van der Waals surface area contributed by atoms with E-state index in [1.165, 1.54) is 20.1 Å². The van der Waals surface area contributed by atoms with Gasteiger partial charge >= 0.3 is 5.97 Å². The summed E-state index contributed by atoms with van der Waals surface area (Å²) in [6, 6.07) is 10.3. The summed E-state index contributed by atoms with van der Waals surface area (Å²) in [6.45, 7) is 3.25. The molecular formula is C20H19N3O7. The third kappa shape index (κ3) is 5.23. The highest BCUT2D eigenvalue weighted by Crippen LogP contribution is 2.35. The number of nitriles is 1. The Morgan fingerprint density at radius 2 is 2.00 bits per heavy atom. The number of anilines is 1. The van der Waals surface area contributed by atoms with Crippen LogP contribution in [0.5, 0.6) is 11.5 Å². The van der Waals surface area contributed by atoms with Crippen LogP contribution >= 0.6 is 0 Å². The molecule has 10 heteroatoms. The fourth-order valence-electron chi connectivity index (χ4n) is 2.48. The first-order valence-corrected chi connectivity index (χ1v) is 8.81. The molecule has 0 radical (unpaired) electrons. The van der Waals surface area contributed by atoms with E-state index in [-0.39, 0.29) is 23.7 Å².